The zero-order valence-electron chi connectivity index (χ0n) is 13.6. The van der Waals surface area contributed by atoms with E-state index >= 15 is 0 Å². The molecule has 1 aromatic carbocycles. The number of hydrogen-bond acceptors (Lipinski definition) is 4. The van der Waals surface area contributed by atoms with Crippen LogP contribution in [-0.2, 0) is 4.74 Å². The molecule has 0 bridgehead atoms. The Morgan fingerprint density at radius 2 is 2.04 bits per heavy atom. The molecule has 1 aliphatic heterocycles. The van der Waals surface area contributed by atoms with Gasteiger partial charge in [0.05, 0.1) is 24.8 Å². The summed E-state index contributed by atoms with van der Waals surface area (Å²) in [5, 5.41) is 3.19. The van der Waals surface area contributed by atoms with Crippen LogP contribution in [0.5, 0.6) is 0 Å². The van der Waals surface area contributed by atoms with Crippen molar-refractivity contribution in [3.63, 3.8) is 0 Å². The number of pyridine rings is 1. The number of amides is 1. The lowest BCUT2D eigenvalue weighted by molar-refractivity contribution is 0.0162. The minimum absolute atomic E-state index is 0.0907. The number of morpholine rings is 1. The van der Waals surface area contributed by atoms with Crippen molar-refractivity contribution in [2.45, 2.75) is 6.04 Å². The molecule has 2 heterocycles. The molecule has 0 spiro atoms. The Bertz CT molecular complexity index is 724. The summed E-state index contributed by atoms with van der Waals surface area (Å²) in [6.45, 7) is 3.59. The highest BCUT2D eigenvalue weighted by molar-refractivity contribution is 9.10. The summed E-state index contributed by atoms with van der Waals surface area (Å²) in [6, 6.07) is 12.0. The van der Waals surface area contributed by atoms with Crippen LogP contribution in [0.15, 0.2) is 47.1 Å². The third kappa shape index (κ3) is 4.79. The maximum Gasteiger partial charge on any atom is 0.254 e. The Kier molecular flexibility index (Phi) is 6.42. The van der Waals surface area contributed by atoms with Crippen molar-refractivity contribution in [1.29, 1.82) is 0 Å². The summed E-state index contributed by atoms with van der Waals surface area (Å²) in [5.74, 6) is -0.229. The van der Waals surface area contributed by atoms with E-state index in [2.05, 4.69) is 43.3 Å². The van der Waals surface area contributed by atoms with Crippen molar-refractivity contribution in [3.8, 4) is 0 Å². The Morgan fingerprint density at radius 1 is 1.32 bits per heavy atom. The molecule has 0 radical (unpaired) electrons. The van der Waals surface area contributed by atoms with Crippen molar-refractivity contribution in [2.24, 2.45) is 0 Å². The van der Waals surface area contributed by atoms with E-state index in [1.54, 1.807) is 12.3 Å². The Labute approximate surface area is 160 Å². The highest BCUT2D eigenvalue weighted by Gasteiger charge is 2.23. The molecule has 3 rings (SSSR count). The van der Waals surface area contributed by atoms with Crippen molar-refractivity contribution < 1.29 is 9.53 Å². The van der Waals surface area contributed by atoms with E-state index in [4.69, 9.17) is 16.3 Å². The minimum Gasteiger partial charge on any atom is -0.379 e. The molecule has 1 saturated heterocycles. The van der Waals surface area contributed by atoms with Gasteiger partial charge in [0.25, 0.3) is 5.91 Å². The molecule has 1 fully saturated rings. The van der Waals surface area contributed by atoms with Gasteiger partial charge in [0, 0.05) is 30.3 Å². The summed E-state index contributed by atoms with van der Waals surface area (Å²) in [5.41, 5.74) is 1.54. The summed E-state index contributed by atoms with van der Waals surface area (Å²) >= 11 is 9.37. The van der Waals surface area contributed by atoms with Gasteiger partial charge in [-0.3, -0.25) is 9.69 Å². The Hall–Kier alpha value is -1.47. The summed E-state index contributed by atoms with van der Waals surface area (Å²) in [4.78, 5) is 18.9. The van der Waals surface area contributed by atoms with Crippen LogP contribution in [0.25, 0.3) is 0 Å². The second-order valence-electron chi connectivity index (χ2n) is 5.78. The first-order valence-electron chi connectivity index (χ1n) is 8.11. The van der Waals surface area contributed by atoms with E-state index in [9.17, 15) is 4.79 Å². The quantitative estimate of drug-likeness (QED) is 0.748. The molecule has 0 saturated carbocycles. The average molecular weight is 425 g/mol. The second-order valence-corrected chi connectivity index (χ2v) is 7.05. The van der Waals surface area contributed by atoms with Gasteiger partial charge in [-0.25, -0.2) is 4.98 Å². The monoisotopic (exact) mass is 423 g/mol. The Morgan fingerprint density at radius 3 is 2.76 bits per heavy atom. The molecule has 1 unspecified atom stereocenters. The summed E-state index contributed by atoms with van der Waals surface area (Å²) in [7, 11) is 0. The fourth-order valence-electron chi connectivity index (χ4n) is 2.89. The van der Waals surface area contributed by atoms with Crippen molar-refractivity contribution in [2.75, 3.05) is 32.8 Å². The highest BCUT2D eigenvalue weighted by atomic mass is 79.9. The van der Waals surface area contributed by atoms with Crippen molar-refractivity contribution >= 4 is 33.4 Å². The number of rotatable bonds is 5. The number of halogens is 2. The molecular formula is C18H19BrClN3O2. The molecule has 1 N–H and O–H groups in total. The predicted molar refractivity (Wildman–Crippen MR) is 101 cm³/mol. The van der Waals surface area contributed by atoms with Gasteiger partial charge in [-0.15, -0.1) is 0 Å². The lowest BCUT2D eigenvalue weighted by Gasteiger charge is -2.35. The van der Waals surface area contributed by atoms with Crippen LogP contribution >= 0.6 is 27.5 Å². The second kappa shape index (κ2) is 8.76. The van der Waals surface area contributed by atoms with Crippen LogP contribution in [0.2, 0.25) is 5.15 Å². The molecule has 0 aliphatic carbocycles. The van der Waals surface area contributed by atoms with Gasteiger partial charge in [0.1, 0.15) is 5.15 Å². The van der Waals surface area contributed by atoms with Gasteiger partial charge in [0.2, 0.25) is 0 Å². The highest BCUT2D eigenvalue weighted by Crippen LogP contribution is 2.22. The number of carbonyl (C=O) groups is 1. The number of aromatic nitrogens is 1. The van der Waals surface area contributed by atoms with E-state index in [0.29, 0.717) is 25.3 Å². The molecule has 1 aliphatic rings. The lowest BCUT2D eigenvalue weighted by Crippen LogP contribution is -2.43. The number of benzene rings is 1. The SMILES string of the molecule is O=C(NCC(c1ccccc1)N1CCOCC1)c1cc(Br)cnc1Cl. The standard InChI is InChI=1S/C18H19BrClN3O2/c19-14-10-15(17(20)21-11-14)18(24)22-12-16(13-4-2-1-3-5-13)23-6-8-25-9-7-23/h1-5,10-11,16H,6-9,12H2,(H,22,24). The van der Waals surface area contributed by atoms with Gasteiger partial charge in [-0.05, 0) is 27.6 Å². The molecule has 1 amide bonds. The first-order chi connectivity index (χ1) is 12.1. The van der Waals surface area contributed by atoms with Crippen LogP contribution in [0.3, 0.4) is 0 Å². The van der Waals surface area contributed by atoms with Crippen molar-refractivity contribution in [3.05, 3.63) is 63.3 Å². The third-order valence-corrected chi connectivity index (χ3v) is 4.91. The largest absolute Gasteiger partial charge is 0.379 e. The first-order valence-corrected chi connectivity index (χ1v) is 9.28. The fraction of sp³-hybridized carbons (Fsp3) is 0.333. The molecule has 132 valence electrons. The lowest BCUT2D eigenvalue weighted by atomic mass is 10.0. The van der Waals surface area contributed by atoms with Crippen LogP contribution in [-0.4, -0.2) is 48.6 Å². The molecule has 2 aromatic rings. The van der Waals surface area contributed by atoms with Gasteiger partial charge >= 0.3 is 0 Å². The molecule has 5 nitrogen and oxygen atoms in total. The number of ether oxygens (including phenoxy) is 1. The van der Waals surface area contributed by atoms with Gasteiger partial charge in [0.15, 0.2) is 0 Å². The normalized spacial score (nSPS) is 16.4. The topological polar surface area (TPSA) is 54.5 Å². The first kappa shape index (κ1) is 18.3. The fourth-order valence-corrected chi connectivity index (χ4v) is 3.41. The number of hydrogen-bond donors (Lipinski definition) is 1. The maximum absolute atomic E-state index is 12.5. The van der Waals surface area contributed by atoms with E-state index in [1.807, 2.05) is 18.2 Å². The van der Waals surface area contributed by atoms with Gasteiger partial charge < -0.3 is 10.1 Å². The minimum atomic E-state index is -0.229. The number of carbonyl (C=O) groups excluding carboxylic acids is 1. The van der Waals surface area contributed by atoms with Crippen molar-refractivity contribution in [1.82, 2.24) is 15.2 Å². The predicted octanol–water partition coefficient (Wildman–Crippen LogP) is 3.30. The van der Waals surface area contributed by atoms with Crippen LogP contribution in [0.1, 0.15) is 22.0 Å². The zero-order valence-corrected chi connectivity index (χ0v) is 16.0. The summed E-state index contributed by atoms with van der Waals surface area (Å²) < 4.78 is 6.17. The smallest absolute Gasteiger partial charge is 0.254 e. The maximum atomic E-state index is 12.5. The Balaban J connectivity index is 1.74. The van der Waals surface area contributed by atoms with E-state index in [0.717, 1.165) is 17.6 Å². The van der Waals surface area contributed by atoms with Gasteiger partial charge in [-0.1, -0.05) is 41.9 Å². The molecule has 25 heavy (non-hydrogen) atoms. The zero-order chi connectivity index (χ0) is 17.6. The average Bonchev–Trinajstić information content (AvgIpc) is 2.65. The summed E-state index contributed by atoms with van der Waals surface area (Å²) in [6.07, 6.45) is 1.57. The molecule has 1 atom stereocenters. The van der Waals surface area contributed by atoms with E-state index in [1.165, 1.54) is 5.56 Å². The number of nitrogens with zero attached hydrogens (tertiary/aromatic N) is 2. The van der Waals surface area contributed by atoms with E-state index in [-0.39, 0.29) is 17.1 Å². The number of nitrogens with one attached hydrogen (secondary N) is 1. The van der Waals surface area contributed by atoms with E-state index < -0.39 is 0 Å². The van der Waals surface area contributed by atoms with Crippen LogP contribution < -0.4 is 5.32 Å². The molecular weight excluding hydrogens is 406 g/mol. The van der Waals surface area contributed by atoms with Gasteiger partial charge in [-0.2, -0.15) is 0 Å². The molecule has 1 aromatic heterocycles. The third-order valence-electron chi connectivity index (χ3n) is 4.18. The van der Waals surface area contributed by atoms with Crippen LogP contribution in [0, 0.1) is 0 Å². The van der Waals surface area contributed by atoms with Crippen LogP contribution in [0.4, 0.5) is 0 Å². The molecule has 7 heteroatoms.